The molecule has 0 aliphatic rings. The smallest absolute Gasteiger partial charge is 0.308 e. The number of nitrogens with one attached hydrogen (secondary N) is 3. The van der Waals surface area contributed by atoms with Crippen LogP contribution in [0.15, 0.2) is 83.8 Å². The second kappa shape index (κ2) is 8.24. The molecule has 28 heavy (non-hydrogen) atoms. The van der Waals surface area contributed by atoms with Gasteiger partial charge in [0.2, 0.25) is 0 Å². The Kier molecular flexibility index (Phi) is 5.58. The van der Waals surface area contributed by atoms with E-state index in [0.29, 0.717) is 11.4 Å². The maximum atomic E-state index is 12.5. The third-order valence-corrected chi connectivity index (χ3v) is 5.06. The van der Waals surface area contributed by atoms with Crippen molar-refractivity contribution in [3.63, 3.8) is 0 Å². The van der Waals surface area contributed by atoms with Gasteiger partial charge >= 0.3 is 6.03 Å². The molecule has 2 amide bonds. The van der Waals surface area contributed by atoms with Crippen LogP contribution in [-0.2, 0) is 10.0 Å². The second-order valence-corrected chi connectivity index (χ2v) is 7.45. The van der Waals surface area contributed by atoms with Gasteiger partial charge in [0.1, 0.15) is 0 Å². The van der Waals surface area contributed by atoms with Gasteiger partial charge in [-0.1, -0.05) is 30.3 Å². The molecule has 3 aromatic carbocycles. The first kappa shape index (κ1) is 18.9. The van der Waals surface area contributed by atoms with Crippen LogP contribution in [0.3, 0.4) is 0 Å². The maximum Gasteiger partial charge on any atom is 0.323 e. The monoisotopic (exact) mass is 392 g/mol. The summed E-state index contributed by atoms with van der Waals surface area (Å²) in [7, 11) is -3.87. The number of amides is 2. The molecule has 140 valence electrons. The number of nitriles is 1. The number of hydrogen-bond acceptors (Lipinski definition) is 4. The summed E-state index contributed by atoms with van der Waals surface area (Å²) in [6, 6.07) is 22.4. The number of nitrogens with zero attached hydrogens (tertiary/aromatic N) is 1. The van der Waals surface area contributed by atoms with Crippen molar-refractivity contribution in [3.8, 4) is 6.07 Å². The normalized spacial score (nSPS) is 10.5. The lowest BCUT2D eigenvalue weighted by atomic mass is 10.2. The summed E-state index contributed by atoms with van der Waals surface area (Å²) in [6.45, 7) is 0. The van der Waals surface area contributed by atoms with Crippen molar-refractivity contribution in [2.75, 3.05) is 15.4 Å². The molecule has 8 heteroatoms. The molecule has 0 aromatic heterocycles. The third kappa shape index (κ3) is 4.87. The molecule has 0 aliphatic carbocycles. The summed E-state index contributed by atoms with van der Waals surface area (Å²) in [5.74, 6) is 0. The molecule has 0 unspecified atom stereocenters. The quantitative estimate of drug-likeness (QED) is 0.609. The summed E-state index contributed by atoms with van der Waals surface area (Å²) < 4.78 is 27.5. The Balaban J connectivity index is 1.72. The lowest BCUT2D eigenvalue weighted by molar-refractivity contribution is 0.262. The first-order valence-electron chi connectivity index (χ1n) is 8.22. The van der Waals surface area contributed by atoms with E-state index < -0.39 is 16.1 Å². The van der Waals surface area contributed by atoms with E-state index in [-0.39, 0.29) is 16.1 Å². The number of hydrogen-bond donors (Lipinski definition) is 3. The SMILES string of the molecule is N#Cc1cccc(S(=O)(=O)Nc2cccc(NC(=O)Nc3ccccc3)c2)c1. The molecule has 0 saturated carbocycles. The van der Waals surface area contributed by atoms with Gasteiger partial charge in [0.15, 0.2) is 0 Å². The minimum absolute atomic E-state index is 0.0215. The summed E-state index contributed by atoms with van der Waals surface area (Å²) in [5, 5.41) is 14.3. The van der Waals surface area contributed by atoms with E-state index in [1.807, 2.05) is 12.1 Å². The average molecular weight is 392 g/mol. The lowest BCUT2D eigenvalue weighted by Gasteiger charge is -2.11. The van der Waals surface area contributed by atoms with Gasteiger partial charge in [0.05, 0.1) is 22.2 Å². The van der Waals surface area contributed by atoms with Crippen LogP contribution in [-0.4, -0.2) is 14.4 Å². The number of carbonyl (C=O) groups is 1. The Morgan fingerprint density at radius 3 is 2.18 bits per heavy atom. The molecule has 0 saturated heterocycles. The first-order chi connectivity index (χ1) is 13.5. The van der Waals surface area contributed by atoms with E-state index in [4.69, 9.17) is 5.26 Å². The minimum atomic E-state index is -3.87. The van der Waals surface area contributed by atoms with Crippen LogP contribution in [0.4, 0.5) is 21.9 Å². The van der Waals surface area contributed by atoms with Crippen molar-refractivity contribution in [1.82, 2.24) is 0 Å². The predicted molar refractivity (Wildman–Crippen MR) is 107 cm³/mol. The number of sulfonamides is 1. The third-order valence-electron chi connectivity index (χ3n) is 3.68. The fraction of sp³-hybridized carbons (Fsp3) is 0. The summed E-state index contributed by atoms with van der Waals surface area (Å²) in [4.78, 5) is 12.1. The topological polar surface area (TPSA) is 111 Å². The van der Waals surface area contributed by atoms with Crippen LogP contribution in [0.2, 0.25) is 0 Å². The highest BCUT2D eigenvalue weighted by atomic mass is 32.2. The minimum Gasteiger partial charge on any atom is -0.308 e. The van der Waals surface area contributed by atoms with Gasteiger partial charge in [-0.3, -0.25) is 4.72 Å². The Hall–Kier alpha value is -3.83. The van der Waals surface area contributed by atoms with Crippen molar-refractivity contribution in [2.45, 2.75) is 4.90 Å². The number of para-hydroxylation sites is 1. The van der Waals surface area contributed by atoms with Gasteiger partial charge < -0.3 is 10.6 Å². The first-order valence-corrected chi connectivity index (χ1v) is 9.71. The Morgan fingerprint density at radius 2 is 1.43 bits per heavy atom. The highest BCUT2D eigenvalue weighted by Gasteiger charge is 2.15. The number of anilines is 3. The summed E-state index contributed by atoms with van der Waals surface area (Å²) in [5.41, 5.74) is 1.57. The van der Waals surface area contributed by atoms with Crippen LogP contribution in [0, 0.1) is 11.3 Å². The average Bonchev–Trinajstić information content (AvgIpc) is 2.68. The zero-order valence-electron chi connectivity index (χ0n) is 14.6. The Morgan fingerprint density at radius 1 is 0.786 bits per heavy atom. The van der Waals surface area contributed by atoms with Gasteiger partial charge in [-0.15, -0.1) is 0 Å². The van der Waals surface area contributed by atoms with E-state index in [1.165, 1.54) is 30.3 Å². The lowest BCUT2D eigenvalue weighted by Crippen LogP contribution is -2.19. The molecule has 3 aromatic rings. The molecular weight excluding hydrogens is 376 g/mol. The van der Waals surface area contributed by atoms with Gasteiger partial charge in [-0.05, 0) is 48.5 Å². The van der Waals surface area contributed by atoms with Crippen molar-refractivity contribution in [3.05, 3.63) is 84.4 Å². The molecule has 7 nitrogen and oxygen atoms in total. The van der Waals surface area contributed by atoms with E-state index in [0.717, 1.165) is 0 Å². The predicted octanol–water partition coefficient (Wildman–Crippen LogP) is 4.00. The zero-order valence-corrected chi connectivity index (χ0v) is 15.4. The molecule has 0 atom stereocenters. The van der Waals surface area contributed by atoms with E-state index >= 15 is 0 Å². The van der Waals surface area contributed by atoms with Crippen LogP contribution in [0.25, 0.3) is 0 Å². The standard InChI is InChI=1S/C20H16N4O3S/c21-14-15-6-4-11-19(12-15)28(26,27)24-18-10-5-9-17(13-18)23-20(25)22-16-7-2-1-3-8-16/h1-13,24H,(H2,22,23,25). The Labute approximate surface area is 162 Å². The molecule has 0 bridgehead atoms. The summed E-state index contributed by atoms with van der Waals surface area (Å²) in [6.07, 6.45) is 0. The second-order valence-electron chi connectivity index (χ2n) is 5.77. The molecule has 0 heterocycles. The highest BCUT2D eigenvalue weighted by Crippen LogP contribution is 2.20. The largest absolute Gasteiger partial charge is 0.323 e. The van der Waals surface area contributed by atoms with Gasteiger partial charge in [0, 0.05) is 11.4 Å². The van der Waals surface area contributed by atoms with Crippen LogP contribution >= 0.6 is 0 Å². The van der Waals surface area contributed by atoms with Crippen LogP contribution in [0.1, 0.15) is 5.56 Å². The fourth-order valence-electron chi connectivity index (χ4n) is 2.42. The Bertz CT molecular complexity index is 1140. The molecule has 0 radical (unpaired) electrons. The van der Waals surface area contributed by atoms with Gasteiger partial charge in [-0.25, -0.2) is 13.2 Å². The van der Waals surface area contributed by atoms with Gasteiger partial charge in [0.25, 0.3) is 10.0 Å². The molecular formula is C20H16N4O3S. The molecule has 3 N–H and O–H groups in total. The van der Waals surface area contributed by atoms with E-state index in [2.05, 4.69) is 15.4 Å². The maximum absolute atomic E-state index is 12.5. The number of benzene rings is 3. The van der Waals surface area contributed by atoms with Crippen molar-refractivity contribution in [2.24, 2.45) is 0 Å². The molecule has 3 rings (SSSR count). The van der Waals surface area contributed by atoms with Crippen molar-refractivity contribution in [1.29, 1.82) is 5.26 Å². The van der Waals surface area contributed by atoms with Gasteiger partial charge in [-0.2, -0.15) is 5.26 Å². The number of carbonyl (C=O) groups excluding carboxylic acids is 1. The summed E-state index contributed by atoms with van der Waals surface area (Å²) >= 11 is 0. The fourth-order valence-corrected chi connectivity index (χ4v) is 3.52. The van der Waals surface area contributed by atoms with Crippen molar-refractivity contribution >= 4 is 33.1 Å². The molecule has 0 fully saturated rings. The highest BCUT2D eigenvalue weighted by molar-refractivity contribution is 7.92. The van der Waals surface area contributed by atoms with E-state index in [1.54, 1.807) is 42.5 Å². The molecule has 0 spiro atoms. The number of rotatable bonds is 5. The van der Waals surface area contributed by atoms with Crippen molar-refractivity contribution < 1.29 is 13.2 Å². The van der Waals surface area contributed by atoms with E-state index in [9.17, 15) is 13.2 Å². The zero-order chi connectivity index (χ0) is 20.0. The van der Waals surface area contributed by atoms with Crippen LogP contribution in [0.5, 0.6) is 0 Å². The number of urea groups is 1. The molecule has 0 aliphatic heterocycles. The van der Waals surface area contributed by atoms with Crippen LogP contribution < -0.4 is 15.4 Å².